The van der Waals surface area contributed by atoms with E-state index in [1.54, 1.807) is 6.26 Å². The van der Waals surface area contributed by atoms with Gasteiger partial charge in [-0.05, 0) is 92.1 Å². The van der Waals surface area contributed by atoms with Crippen LogP contribution in [0.2, 0.25) is 0 Å². The van der Waals surface area contributed by atoms with Crippen LogP contribution in [0.1, 0.15) is 76.7 Å². The first-order valence-corrected chi connectivity index (χ1v) is 13.4. The highest BCUT2D eigenvalue weighted by Crippen LogP contribution is 2.78. The fourth-order valence-corrected chi connectivity index (χ4v) is 9.50. The number of rotatable bonds is 3. The van der Waals surface area contributed by atoms with Crippen LogP contribution in [-0.4, -0.2) is 30.8 Å². The van der Waals surface area contributed by atoms with Gasteiger partial charge in [0.05, 0.1) is 18.5 Å². The van der Waals surface area contributed by atoms with Gasteiger partial charge < -0.3 is 9.15 Å². The van der Waals surface area contributed by atoms with E-state index in [1.807, 2.05) is 6.07 Å². The smallest absolute Gasteiger partial charge is 0.397 e. The summed E-state index contributed by atoms with van der Waals surface area (Å²) in [6.45, 7) is 4.78. The Morgan fingerprint density at radius 2 is 1.88 bits per heavy atom. The SMILES string of the molecule is CC12CCC(OS(=O)(=O)O)CC1CCC1C2CCC2(C)C(c3ccc(=O)oc3)CC3OC312. The van der Waals surface area contributed by atoms with Gasteiger partial charge in [-0.1, -0.05) is 13.8 Å². The van der Waals surface area contributed by atoms with Crippen LogP contribution in [-0.2, 0) is 19.3 Å². The maximum absolute atomic E-state index is 11.5. The van der Waals surface area contributed by atoms with E-state index >= 15 is 0 Å². The summed E-state index contributed by atoms with van der Waals surface area (Å²) in [7, 11) is -4.41. The van der Waals surface area contributed by atoms with E-state index in [2.05, 4.69) is 13.8 Å². The largest absolute Gasteiger partial charge is 0.431 e. The molecule has 4 aliphatic carbocycles. The number of fused-ring (bicyclic) bond motifs is 3. The number of epoxide rings is 1. The van der Waals surface area contributed by atoms with Crippen molar-refractivity contribution in [3.05, 3.63) is 34.4 Å². The fourth-order valence-electron chi connectivity index (χ4n) is 8.98. The van der Waals surface area contributed by atoms with Crippen molar-refractivity contribution < 1.29 is 26.3 Å². The standard InChI is InChI=1S/C24H32O7S/c1-22-9-7-16(31-32(26,27)28)11-15(22)4-5-18-17(22)8-10-23(2)19(12-20-24(18,23)30-20)14-3-6-21(25)29-13-14/h3,6,13,15-20H,4-5,7-12H2,1-2H3,(H,26,27,28). The molecule has 1 aromatic heterocycles. The van der Waals surface area contributed by atoms with E-state index in [9.17, 15) is 13.2 Å². The first-order chi connectivity index (χ1) is 15.1. The lowest BCUT2D eigenvalue weighted by atomic mass is 9.44. The molecule has 9 atom stereocenters. The van der Waals surface area contributed by atoms with Crippen LogP contribution in [0.5, 0.6) is 0 Å². The Balaban J connectivity index is 1.27. The predicted octanol–water partition coefficient (Wildman–Crippen LogP) is 4.09. The predicted molar refractivity (Wildman–Crippen MR) is 115 cm³/mol. The van der Waals surface area contributed by atoms with Gasteiger partial charge in [-0.15, -0.1) is 0 Å². The third kappa shape index (κ3) is 2.82. The summed E-state index contributed by atoms with van der Waals surface area (Å²) in [5.41, 5.74) is 0.895. The molecule has 7 nitrogen and oxygen atoms in total. The molecular weight excluding hydrogens is 432 g/mol. The van der Waals surface area contributed by atoms with Crippen molar-refractivity contribution in [3.8, 4) is 0 Å². The fraction of sp³-hybridized carbons (Fsp3) is 0.792. The molecule has 1 N–H and O–H groups in total. The van der Waals surface area contributed by atoms with E-state index in [4.69, 9.17) is 17.9 Å². The van der Waals surface area contributed by atoms with Gasteiger partial charge in [0.25, 0.3) is 0 Å². The van der Waals surface area contributed by atoms with Gasteiger partial charge in [0.2, 0.25) is 0 Å². The quantitative estimate of drug-likeness (QED) is 0.530. The van der Waals surface area contributed by atoms with Crippen molar-refractivity contribution in [2.45, 2.75) is 88.9 Å². The highest BCUT2D eigenvalue weighted by atomic mass is 32.3. The highest BCUT2D eigenvalue weighted by Gasteiger charge is 2.80. The third-order valence-electron chi connectivity index (χ3n) is 10.4. The zero-order chi connectivity index (χ0) is 22.5. The molecule has 0 amide bonds. The third-order valence-corrected chi connectivity index (χ3v) is 10.9. The molecule has 0 bridgehead atoms. The molecule has 0 aromatic carbocycles. The average Bonchev–Trinajstić information content (AvgIpc) is 3.38. The van der Waals surface area contributed by atoms with Gasteiger partial charge in [0, 0.05) is 11.5 Å². The van der Waals surface area contributed by atoms with Crippen LogP contribution >= 0.6 is 0 Å². The number of hydrogen-bond acceptors (Lipinski definition) is 6. The second-order valence-corrected chi connectivity index (χ2v) is 12.5. The minimum absolute atomic E-state index is 0.0350. The van der Waals surface area contributed by atoms with E-state index in [0.717, 1.165) is 44.1 Å². The Hall–Kier alpha value is -1.22. The topological polar surface area (TPSA) is 106 Å². The summed E-state index contributed by atoms with van der Waals surface area (Å²) in [6.07, 6.45) is 9.13. The van der Waals surface area contributed by atoms with Crippen molar-refractivity contribution >= 4 is 10.4 Å². The first kappa shape index (κ1) is 21.3. The molecule has 8 heteroatoms. The van der Waals surface area contributed by atoms with Gasteiger partial charge in [0.15, 0.2) is 0 Å². The molecule has 176 valence electrons. The van der Waals surface area contributed by atoms with Crippen molar-refractivity contribution in [2.24, 2.45) is 28.6 Å². The van der Waals surface area contributed by atoms with Crippen molar-refractivity contribution in [3.63, 3.8) is 0 Å². The summed E-state index contributed by atoms with van der Waals surface area (Å²) in [6, 6.07) is 3.46. The van der Waals surface area contributed by atoms with Gasteiger partial charge >= 0.3 is 16.0 Å². The number of hydrogen-bond donors (Lipinski definition) is 1. The summed E-state index contributed by atoms with van der Waals surface area (Å²) < 4.78 is 48.4. The van der Waals surface area contributed by atoms with Crippen LogP contribution in [0.15, 0.2) is 27.6 Å². The average molecular weight is 465 g/mol. The summed E-state index contributed by atoms with van der Waals surface area (Å²) in [5, 5.41) is 0. The molecule has 5 aliphatic rings. The summed E-state index contributed by atoms with van der Waals surface area (Å²) in [5.74, 6) is 1.81. The second-order valence-electron chi connectivity index (χ2n) is 11.4. The highest BCUT2D eigenvalue weighted by molar-refractivity contribution is 7.80. The molecule has 5 fully saturated rings. The van der Waals surface area contributed by atoms with Crippen molar-refractivity contribution in [2.75, 3.05) is 0 Å². The summed E-state index contributed by atoms with van der Waals surface area (Å²) >= 11 is 0. The minimum Gasteiger partial charge on any atom is -0.431 e. The minimum atomic E-state index is -4.41. The molecule has 4 saturated carbocycles. The van der Waals surface area contributed by atoms with Gasteiger partial charge in [-0.3, -0.25) is 4.55 Å². The van der Waals surface area contributed by atoms with Crippen molar-refractivity contribution in [1.29, 1.82) is 0 Å². The zero-order valence-electron chi connectivity index (χ0n) is 18.7. The molecule has 2 heterocycles. The Morgan fingerprint density at radius 3 is 2.59 bits per heavy atom. The van der Waals surface area contributed by atoms with Crippen LogP contribution in [0.4, 0.5) is 0 Å². The first-order valence-electron chi connectivity index (χ1n) is 12.0. The maximum atomic E-state index is 11.5. The Bertz CT molecular complexity index is 1080. The van der Waals surface area contributed by atoms with Crippen LogP contribution in [0.25, 0.3) is 0 Å². The number of ether oxygens (including phenoxy) is 1. The molecule has 6 rings (SSSR count). The normalized spacial score (nSPS) is 49.5. The van der Waals surface area contributed by atoms with Crippen LogP contribution < -0.4 is 5.63 Å². The van der Waals surface area contributed by atoms with Crippen LogP contribution in [0.3, 0.4) is 0 Å². The molecule has 9 unspecified atom stereocenters. The van der Waals surface area contributed by atoms with E-state index in [1.165, 1.54) is 6.07 Å². The molecule has 0 radical (unpaired) electrons. The van der Waals surface area contributed by atoms with Gasteiger partial charge in [-0.25, -0.2) is 8.98 Å². The van der Waals surface area contributed by atoms with Crippen LogP contribution in [0, 0.1) is 28.6 Å². The zero-order valence-corrected chi connectivity index (χ0v) is 19.5. The van der Waals surface area contributed by atoms with Gasteiger partial charge in [0.1, 0.15) is 5.60 Å². The Kier molecular flexibility index (Phi) is 4.45. The molecule has 1 aliphatic heterocycles. The van der Waals surface area contributed by atoms with E-state index in [0.29, 0.717) is 36.5 Å². The van der Waals surface area contributed by atoms with Gasteiger partial charge in [-0.2, -0.15) is 8.42 Å². The Morgan fingerprint density at radius 1 is 1.06 bits per heavy atom. The lowest BCUT2D eigenvalue weighted by molar-refractivity contribution is -0.137. The van der Waals surface area contributed by atoms with E-state index < -0.39 is 16.5 Å². The lowest BCUT2D eigenvalue weighted by Gasteiger charge is -2.61. The maximum Gasteiger partial charge on any atom is 0.397 e. The molecule has 32 heavy (non-hydrogen) atoms. The molecule has 1 saturated heterocycles. The van der Waals surface area contributed by atoms with Crippen molar-refractivity contribution in [1.82, 2.24) is 0 Å². The molecule has 1 spiro atoms. The monoisotopic (exact) mass is 464 g/mol. The van der Waals surface area contributed by atoms with E-state index in [-0.39, 0.29) is 28.2 Å². The second kappa shape index (κ2) is 6.68. The lowest BCUT2D eigenvalue weighted by Crippen LogP contribution is -2.58. The molecular formula is C24H32O7S. The molecule has 1 aromatic rings. The Labute approximate surface area is 188 Å². The summed E-state index contributed by atoms with van der Waals surface area (Å²) in [4.78, 5) is 11.5.